The quantitative estimate of drug-likeness (QED) is 0.899. The van der Waals surface area contributed by atoms with Gasteiger partial charge in [-0.1, -0.05) is 6.92 Å². The summed E-state index contributed by atoms with van der Waals surface area (Å²) >= 11 is 0. The third kappa shape index (κ3) is 2.38. The Morgan fingerprint density at radius 3 is 3.00 bits per heavy atom. The van der Waals surface area contributed by atoms with Crippen molar-refractivity contribution in [1.82, 2.24) is 19.9 Å². The summed E-state index contributed by atoms with van der Waals surface area (Å²) in [5.74, 6) is 1.07. The molecule has 1 aliphatic heterocycles. The van der Waals surface area contributed by atoms with Crippen LogP contribution >= 0.6 is 0 Å². The number of anilines is 1. The molecular formula is C15H23N5. The molecule has 0 bridgehead atoms. The van der Waals surface area contributed by atoms with E-state index in [1.54, 1.807) is 0 Å². The summed E-state index contributed by atoms with van der Waals surface area (Å²) in [4.78, 5) is 4.71. The highest BCUT2D eigenvalue weighted by atomic mass is 15.3. The predicted octanol–water partition coefficient (Wildman–Crippen LogP) is 2.07. The maximum atomic E-state index is 4.71. The number of piperidine rings is 1. The van der Waals surface area contributed by atoms with Crippen molar-refractivity contribution in [3.63, 3.8) is 0 Å². The molecular weight excluding hydrogens is 250 g/mol. The topological polar surface area (TPSA) is 54.2 Å². The fraction of sp³-hybridized carbons (Fsp3) is 0.600. The van der Waals surface area contributed by atoms with Crippen LogP contribution in [-0.4, -0.2) is 33.7 Å². The third-order valence-corrected chi connectivity index (χ3v) is 4.12. The average Bonchev–Trinajstić information content (AvgIpc) is 2.76. The Balaban J connectivity index is 2.01. The van der Waals surface area contributed by atoms with E-state index in [9.17, 15) is 0 Å². The lowest BCUT2D eigenvalue weighted by atomic mass is 10.1. The molecule has 0 aliphatic carbocycles. The Labute approximate surface area is 119 Å². The van der Waals surface area contributed by atoms with Gasteiger partial charge in [-0.3, -0.25) is 0 Å². The maximum Gasteiger partial charge on any atom is 0.160 e. The molecule has 0 spiro atoms. The summed E-state index contributed by atoms with van der Waals surface area (Å²) in [6.45, 7) is 8.43. The Hall–Kier alpha value is -1.62. The standard InChI is InChI=1S/C15H23N5/c1-4-12-8-14(17-13-6-5-7-16-9-13)20-15(18-12)10(2)11(3)19-20/h8,13,16-17H,4-7,9H2,1-3H3. The molecule has 0 aromatic carbocycles. The second-order valence-electron chi connectivity index (χ2n) is 5.62. The molecule has 0 saturated carbocycles. The van der Waals surface area contributed by atoms with Crippen molar-refractivity contribution in [2.75, 3.05) is 18.4 Å². The van der Waals surface area contributed by atoms with Gasteiger partial charge in [0.15, 0.2) is 5.65 Å². The van der Waals surface area contributed by atoms with Gasteiger partial charge in [-0.05, 0) is 39.7 Å². The van der Waals surface area contributed by atoms with Crippen LogP contribution in [0.25, 0.3) is 5.65 Å². The summed E-state index contributed by atoms with van der Waals surface area (Å²) in [5, 5.41) is 11.7. The molecule has 5 heteroatoms. The van der Waals surface area contributed by atoms with Crippen LogP contribution in [0.1, 0.15) is 36.7 Å². The van der Waals surface area contributed by atoms with Gasteiger partial charge in [0, 0.05) is 29.9 Å². The lowest BCUT2D eigenvalue weighted by molar-refractivity contribution is 0.478. The van der Waals surface area contributed by atoms with Crippen molar-refractivity contribution in [1.29, 1.82) is 0 Å². The molecule has 5 nitrogen and oxygen atoms in total. The van der Waals surface area contributed by atoms with E-state index in [0.717, 1.165) is 42.4 Å². The van der Waals surface area contributed by atoms with Crippen molar-refractivity contribution in [2.24, 2.45) is 0 Å². The molecule has 1 fully saturated rings. The Bertz CT molecular complexity index is 610. The molecule has 1 aliphatic rings. The minimum Gasteiger partial charge on any atom is -0.366 e. The van der Waals surface area contributed by atoms with Gasteiger partial charge in [0.2, 0.25) is 0 Å². The van der Waals surface area contributed by atoms with Crippen molar-refractivity contribution in [3.05, 3.63) is 23.0 Å². The van der Waals surface area contributed by atoms with E-state index in [1.165, 1.54) is 18.4 Å². The first kappa shape index (κ1) is 13.4. The van der Waals surface area contributed by atoms with E-state index in [-0.39, 0.29) is 0 Å². The average molecular weight is 273 g/mol. The number of fused-ring (bicyclic) bond motifs is 1. The number of hydrogen-bond acceptors (Lipinski definition) is 4. The monoisotopic (exact) mass is 273 g/mol. The maximum absolute atomic E-state index is 4.71. The molecule has 1 saturated heterocycles. The van der Waals surface area contributed by atoms with Gasteiger partial charge >= 0.3 is 0 Å². The summed E-state index contributed by atoms with van der Waals surface area (Å²) in [6.07, 6.45) is 3.37. The van der Waals surface area contributed by atoms with Crippen LogP contribution in [-0.2, 0) is 6.42 Å². The predicted molar refractivity (Wildman–Crippen MR) is 81.4 cm³/mol. The summed E-state index contributed by atoms with van der Waals surface area (Å²) < 4.78 is 1.96. The first-order chi connectivity index (χ1) is 9.69. The van der Waals surface area contributed by atoms with Crippen LogP contribution in [0.3, 0.4) is 0 Å². The molecule has 2 aromatic heterocycles. The van der Waals surface area contributed by atoms with E-state index in [1.807, 2.05) is 11.4 Å². The van der Waals surface area contributed by atoms with Gasteiger partial charge in [0.1, 0.15) is 5.82 Å². The third-order valence-electron chi connectivity index (χ3n) is 4.12. The van der Waals surface area contributed by atoms with Crippen LogP contribution in [0.4, 0.5) is 5.82 Å². The van der Waals surface area contributed by atoms with Gasteiger partial charge in [-0.2, -0.15) is 9.61 Å². The van der Waals surface area contributed by atoms with Gasteiger partial charge in [-0.25, -0.2) is 4.98 Å². The molecule has 108 valence electrons. The van der Waals surface area contributed by atoms with E-state index in [0.29, 0.717) is 6.04 Å². The zero-order valence-corrected chi connectivity index (χ0v) is 12.5. The molecule has 0 amide bonds. The number of nitrogens with zero attached hydrogens (tertiary/aromatic N) is 3. The first-order valence-electron chi connectivity index (χ1n) is 7.52. The highest BCUT2D eigenvalue weighted by Gasteiger charge is 2.16. The zero-order valence-electron chi connectivity index (χ0n) is 12.5. The number of rotatable bonds is 3. The van der Waals surface area contributed by atoms with Gasteiger partial charge in [0.05, 0.1) is 5.69 Å². The van der Waals surface area contributed by atoms with E-state index in [4.69, 9.17) is 4.98 Å². The molecule has 3 rings (SSSR count). The minimum absolute atomic E-state index is 0.476. The molecule has 0 radical (unpaired) electrons. The van der Waals surface area contributed by atoms with Crippen LogP contribution in [0, 0.1) is 13.8 Å². The fourth-order valence-electron chi connectivity index (χ4n) is 2.75. The van der Waals surface area contributed by atoms with Crippen LogP contribution < -0.4 is 10.6 Å². The lowest BCUT2D eigenvalue weighted by Crippen LogP contribution is -2.38. The summed E-state index contributed by atoms with van der Waals surface area (Å²) in [5.41, 5.74) is 4.32. The highest BCUT2D eigenvalue weighted by Crippen LogP contribution is 2.20. The van der Waals surface area contributed by atoms with Crippen molar-refractivity contribution >= 4 is 11.5 Å². The second kappa shape index (κ2) is 5.40. The van der Waals surface area contributed by atoms with Gasteiger partial charge < -0.3 is 10.6 Å². The van der Waals surface area contributed by atoms with Gasteiger partial charge in [0.25, 0.3) is 0 Å². The SMILES string of the molecule is CCc1cc(NC2CCCNC2)n2nc(C)c(C)c2n1. The van der Waals surface area contributed by atoms with E-state index < -0.39 is 0 Å². The molecule has 1 unspecified atom stereocenters. The largest absolute Gasteiger partial charge is 0.366 e. The Morgan fingerprint density at radius 1 is 1.45 bits per heavy atom. The smallest absolute Gasteiger partial charge is 0.160 e. The second-order valence-corrected chi connectivity index (χ2v) is 5.62. The number of aromatic nitrogens is 3. The van der Waals surface area contributed by atoms with Crippen molar-refractivity contribution in [3.8, 4) is 0 Å². The zero-order chi connectivity index (χ0) is 14.1. The number of aryl methyl sites for hydroxylation is 3. The molecule has 1 atom stereocenters. The normalized spacial score (nSPS) is 19.4. The minimum atomic E-state index is 0.476. The Kier molecular flexibility index (Phi) is 3.61. The van der Waals surface area contributed by atoms with Crippen molar-refractivity contribution in [2.45, 2.75) is 46.1 Å². The molecule has 2 N–H and O–H groups in total. The van der Waals surface area contributed by atoms with Crippen molar-refractivity contribution < 1.29 is 0 Å². The fourth-order valence-corrected chi connectivity index (χ4v) is 2.75. The van der Waals surface area contributed by atoms with E-state index in [2.05, 4.69) is 35.6 Å². The van der Waals surface area contributed by atoms with Crippen LogP contribution in [0.2, 0.25) is 0 Å². The first-order valence-corrected chi connectivity index (χ1v) is 7.52. The number of hydrogen-bond donors (Lipinski definition) is 2. The molecule has 20 heavy (non-hydrogen) atoms. The van der Waals surface area contributed by atoms with E-state index >= 15 is 0 Å². The van der Waals surface area contributed by atoms with Crippen LogP contribution in [0.15, 0.2) is 6.07 Å². The highest BCUT2D eigenvalue weighted by molar-refractivity contribution is 5.56. The number of nitrogens with one attached hydrogen (secondary N) is 2. The molecule has 3 heterocycles. The summed E-state index contributed by atoms with van der Waals surface area (Å²) in [6, 6.07) is 2.61. The Morgan fingerprint density at radius 2 is 2.30 bits per heavy atom. The summed E-state index contributed by atoms with van der Waals surface area (Å²) in [7, 11) is 0. The molecule has 2 aromatic rings. The van der Waals surface area contributed by atoms with Crippen LogP contribution in [0.5, 0.6) is 0 Å². The lowest BCUT2D eigenvalue weighted by Gasteiger charge is -2.25. The van der Waals surface area contributed by atoms with Gasteiger partial charge in [-0.15, -0.1) is 0 Å².